The number of nitrogens with one attached hydrogen (secondary N) is 2. The molecule has 2 aromatic carbocycles. The highest BCUT2D eigenvalue weighted by atomic mass is 32.2. The molecule has 6 heteroatoms. The zero-order chi connectivity index (χ0) is 16.9. The quantitative estimate of drug-likeness (QED) is 0.852. The number of carbonyl (C=O) groups excluding carboxylic acids is 1. The summed E-state index contributed by atoms with van der Waals surface area (Å²) in [5, 5.41) is 2.76. The Bertz CT molecular complexity index is 754. The lowest BCUT2D eigenvalue weighted by molar-refractivity contribution is 0.0943. The zero-order valence-electron chi connectivity index (χ0n) is 13.1. The molecule has 0 atom stereocenters. The largest absolute Gasteiger partial charge is 0.350 e. The molecule has 2 N–H and O–H groups in total. The fourth-order valence-electron chi connectivity index (χ4n) is 1.99. The highest BCUT2D eigenvalue weighted by Crippen LogP contribution is 2.11. The van der Waals surface area contributed by atoms with Crippen LogP contribution in [0.1, 0.15) is 29.8 Å². The van der Waals surface area contributed by atoms with Crippen LogP contribution < -0.4 is 10.0 Å². The number of sulfonamides is 1. The molecule has 0 aromatic heterocycles. The summed E-state index contributed by atoms with van der Waals surface area (Å²) in [4.78, 5) is 12.0. The molecule has 0 saturated carbocycles. The van der Waals surface area contributed by atoms with Gasteiger partial charge < -0.3 is 5.32 Å². The van der Waals surface area contributed by atoms with E-state index in [1.165, 1.54) is 24.3 Å². The van der Waals surface area contributed by atoms with Crippen LogP contribution in [0, 0.1) is 0 Å². The van der Waals surface area contributed by atoms with Crippen molar-refractivity contribution in [2.75, 3.05) is 0 Å². The lowest BCUT2D eigenvalue weighted by Crippen LogP contribution is -2.30. The highest BCUT2D eigenvalue weighted by molar-refractivity contribution is 7.89. The molecule has 2 rings (SSSR count). The van der Waals surface area contributed by atoms with Crippen molar-refractivity contribution in [3.05, 3.63) is 65.7 Å². The van der Waals surface area contributed by atoms with Crippen molar-refractivity contribution in [1.82, 2.24) is 10.0 Å². The van der Waals surface area contributed by atoms with E-state index in [1.807, 2.05) is 44.2 Å². The predicted molar refractivity (Wildman–Crippen MR) is 89.5 cm³/mol. The molecule has 2 aromatic rings. The molecule has 5 nitrogen and oxygen atoms in total. The third kappa shape index (κ3) is 4.91. The van der Waals surface area contributed by atoms with Gasteiger partial charge >= 0.3 is 0 Å². The minimum Gasteiger partial charge on any atom is -0.350 e. The number of rotatable bonds is 6. The molecule has 0 bridgehead atoms. The molecule has 0 heterocycles. The summed E-state index contributed by atoms with van der Waals surface area (Å²) in [6.45, 7) is 3.95. The first-order valence-electron chi connectivity index (χ1n) is 7.33. The van der Waals surface area contributed by atoms with Gasteiger partial charge in [0.05, 0.1) is 4.90 Å². The number of carbonyl (C=O) groups is 1. The molecule has 0 saturated heterocycles. The van der Waals surface area contributed by atoms with Crippen LogP contribution in [-0.2, 0) is 16.6 Å². The Balaban J connectivity index is 2.07. The van der Waals surface area contributed by atoms with Crippen molar-refractivity contribution in [2.24, 2.45) is 0 Å². The van der Waals surface area contributed by atoms with E-state index in [0.29, 0.717) is 5.56 Å². The molecule has 23 heavy (non-hydrogen) atoms. The molecule has 0 aliphatic rings. The van der Waals surface area contributed by atoms with E-state index < -0.39 is 10.0 Å². The predicted octanol–water partition coefficient (Wildman–Crippen LogP) is 2.30. The van der Waals surface area contributed by atoms with E-state index in [4.69, 9.17) is 0 Å². The molecule has 0 unspecified atom stereocenters. The number of hydrogen-bond donors (Lipinski definition) is 2. The summed E-state index contributed by atoms with van der Waals surface area (Å²) < 4.78 is 27.0. The maximum atomic E-state index is 12.3. The molecule has 0 fully saturated rings. The Morgan fingerprint density at radius 1 is 1.00 bits per heavy atom. The molecule has 0 aliphatic carbocycles. The molecular weight excluding hydrogens is 312 g/mol. The van der Waals surface area contributed by atoms with Gasteiger partial charge in [-0.15, -0.1) is 0 Å². The van der Waals surface area contributed by atoms with Gasteiger partial charge in [0.2, 0.25) is 10.0 Å². The van der Waals surface area contributed by atoms with Crippen molar-refractivity contribution >= 4 is 15.9 Å². The van der Waals surface area contributed by atoms with Gasteiger partial charge in [-0.2, -0.15) is 0 Å². The standard InChI is InChI=1S/C17H20N2O3S/c1-13(2)19-17(20)15-8-10-16(11-9-15)23(21,22)18-12-14-6-4-3-5-7-14/h3-11,13,18H,12H2,1-2H3,(H,19,20). The van der Waals surface area contributed by atoms with Crippen LogP contribution in [-0.4, -0.2) is 20.4 Å². The number of amides is 1. The molecule has 0 spiro atoms. The smallest absolute Gasteiger partial charge is 0.251 e. The van der Waals surface area contributed by atoms with Gasteiger partial charge in [-0.25, -0.2) is 13.1 Å². The lowest BCUT2D eigenvalue weighted by atomic mass is 10.2. The zero-order valence-corrected chi connectivity index (χ0v) is 13.9. The van der Waals surface area contributed by atoms with E-state index in [-0.39, 0.29) is 23.4 Å². The van der Waals surface area contributed by atoms with E-state index in [9.17, 15) is 13.2 Å². The number of hydrogen-bond acceptors (Lipinski definition) is 3. The summed E-state index contributed by atoms with van der Waals surface area (Å²) in [6, 6.07) is 15.2. The summed E-state index contributed by atoms with van der Waals surface area (Å²) in [6.07, 6.45) is 0. The van der Waals surface area contributed by atoms with E-state index >= 15 is 0 Å². The first-order chi connectivity index (χ1) is 10.9. The van der Waals surface area contributed by atoms with Crippen molar-refractivity contribution in [3.63, 3.8) is 0 Å². The van der Waals surface area contributed by atoms with Gasteiger partial charge in [-0.05, 0) is 43.7 Å². The van der Waals surface area contributed by atoms with Gasteiger partial charge in [-0.3, -0.25) is 4.79 Å². The van der Waals surface area contributed by atoms with Gasteiger partial charge in [0.25, 0.3) is 5.91 Å². The Labute approximate surface area is 136 Å². The first kappa shape index (κ1) is 17.2. The SMILES string of the molecule is CC(C)NC(=O)c1ccc(S(=O)(=O)NCc2ccccc2)cc1. The summed E-state index contributed by atoms with van der Waals surface area (Å²) >= 11 is 0. The average molecular weight is 332 g/mol. The minimum atomic E-state index is -3.61. The highest BCUT2D eigenvalue weighted by Gasteiger charge is 2.15. The van der Waals surface area contributed by atoms with Gasteiger partial charge in [-0.1, -0.05) is 30.3 Å². The van der Waals surface area contributed by atoms with Gasteiger partial charge in [0, 0.05) is 18.2 Å². The van der Waals surface area contributed by atoms with E-state index in [0.717, 1.165) is 5.56 Å². The second-order valence-electron chi connectivity index (χ2n) is 5.46. The van der Waals surface area contributed by atoms with Crippen molar-refractivity contribution in [3.8, 4) is 0 Å². The molecular formula is C17H20N2O3S. The molecule has 1 amide bonds. The van der Waals surface area contributed by atoms with Crippen LogP contribution in [0.15, 0.2) is 59.5 Å². The molecule has 0 radical (unpaired) electrons. The van der Waals surface area contributed by atoms with E-state index in [1.54, 1.807) is 0 Å². The number of benzene rings is 2. The minimum absolute atomic E-state index is 0.0263. The fourth-order valence-corrected chi connectivity index (χ4v) is 3.01. The summed E-state index contributed by atoms with van der Waals surface area (Å²) in [5.74, 6) is -0.221. The van der Waals surface area contributed by atoms with Crippen LogP contribution in [0.25, 0.3) is 0 Å². The fraction of sp³-hybridized carbons (Fsp3) is 0.235. The van der Waals surface area contributed by atoms with E-state index in [2.05, 4.69) is 10.0 Å². The maximum absolute atomic E-state index is 12.3. The Morgan fingerprint density at radius 2 is 1.61 bits per heavy atom. The molecule has 122 valence electrons. The maximum Gasteiger partial charge on any atom is 0.251 e. The molecule has 0 aliphatic heterocycles. The first-order valence-corrected chi connectivity index (χ1v) is 8.81. The van der Waals surface area contributed by atoms with Crippen molar-refractivity contribution in [2.45, 2.75) is 31.3 Å². The van der Waals surface area contributed by atoms with Crippen molar-refractivity contribution < 1.29 is 13.2 Å². The topological polar surface area (TPSA) is 75.3 Å². The third-order valence-corrected chi connectivity index (χ3v) is 4.57. The van der Waals surface area contributed by atoms with Crippen LogP contribution in [0.2, 0.25) is 0 Å². The van der Waals surface area contributed by atoms with Gasteiger partial charge in [0.1, 0.15) is 0 Å². The Kier molecular flexibility index (Phi) is 5.52. The summed E-state index contributed by atoms with van der Waals surface area (Å²) in [5.41, 5.74) is 1.31. The third-order valence-electron chi connectivity index (χ3n) is 3.16. The lowest BCUT2D eigenvalue weighted by Gasteiger charge is -2.10. The van der Waals surface area contributed by atoms with Crippen LogP contribution in [0.5, 0.6) is 0 Å². The van der Waals surface area contributed by atoms with Gasteiger partial charge in [0.15, 0.2) is 0 Å². The Hall–Kier alpha value is -2.18. The van der Waals surface area contributed by atoms with Crippen LogP contribution >= 0.6 is 0 Å². The second-order valence-corrected chi connectivity index (χ2v) is 7.23. The normalized spacial score (nSPS) is 11.4. The monoisotopic (exact) mass is 332 g/mol. The average Bonchev–Trinajstić information content (AvgIpc) is 2.53. The van der Waals surface area contributed by atoms with Crippen molar-refractivity contribution in [1.29, 1.82) is 0 Å². The van der Waals surface area contributed by atoms with Crippen LogP contribution in [0.3, 0.4) is 0 Å². The Morgan fingerprint density at radius 3 is 2.17 bits per heavy atom. The second kappa shape index (κ2) is 7.39. The van der Waals surface area contributed by atoms with Crippen LogP contribution in [0.4, 0.5) is 0 Å². The summed E-state index contributed by atoms with van der Waals surface area (Å²) in [7, 11) is -3.61.